The lowest BCUT2D eigenvalue weighted by Gasteiger charge is -2.04. The summed E-state index contributed by atoms with van der Waals surface area (Å²) in [6, 6.07) is 15.5. The highest BCUT2D eigenvalue weighted by Gasteiger charge is 2.29. The SMILES string of the molecule is O=C(NCCN=C1NS(=O)(=O)c2ccccc21)c1ccccc1. The van der Waals surface area contributed by atoms with Crippen LogP contribution in [0, 0.1) is 0 Å². The third-order valence-corrected chi connectivity index (χ3v) is 4.76. The Kier molecular flexibility index (Phi) is 4.12. The molecular weight excluding hydrogens is 314 g/mol. The van der Waals surface area contributed by atoms with Gasteiger partial charge in [-0.25, -0.2) is 8.42 Å². The van der Waals surface area contributed by atoms with Crippen molar-refractivity contribution in [2.45, 2.75) is 4.90 Å². The van der Waals surface area contributed by atoms with E-state index in [2.05, 4.69) is 15.0 Å². The smallest absolute Gasteiger partial charge is 0.263 e. The van der Waals surface area contributed by atoms with Gasteiger partial charge in [-0.2, -0.15) is 0 Å². The van der Waals surface area contributed by atoms with Gasteiger partial charge in [-0.1, -0.05) is 30.3 Å². The summed E-state index contributed by atoms with van der Waals surface area (Å²) < 4.78 is 26.3. The zero-order chi connectivity index (χ0) is 16.3. The molecule has 2 aromatic rings. The van der Waals surface area contributed by atoms with Crippen LogP contribution < -0.4 is 10.0 Å². The summed E-state index contributed by atoms with van der Waals surface area (Å²) in [6.07, 6.45) is 0. The topological polar surface area (TPSA) is 87.6 Å². The molecule has 3 rings (SSSR count). The molecule has 6 nitrogen and oxygen atoms in total. The van der Waals surface area contributed by atoms with Crippen molar-refractivity contribution in [3.63, 3.8) is 0 Å². The van der Waals surface area contributed by atoms with Gasteiger partial charge in [0.05, 0.1) is 11.4 Å². The summed E-state index contributed by atoms with van der Waals surface area (Å²) in [5, 5.41) is 2.74. The number of carbonyl (C=O) groups excluding carboxylic acids is 1. The number of amidine groups is 1. The predicted octanol–water partition coefficient (Wildman–Crippen LogP) is 1.16. The Bertz CT molecular complexity index is 861. The summed E-state index contributed by atoms with van der Waals surface area (Å²) in [6.45, 7) is 0.603. The predicted molar refractivity (Wildman–Crippen MR) is 86.9 cm³/mol. The third kappa shape index (κ3) is 3.24. The highest BCUT2D eigenvalue weighted by atomic mass is 32.2. The number of rotatable bonds is 4. The number of sulfonamides is 1. The highest BCUT2D eigenvalue weighted by Crippen LogP contribution is 2.21. The number of hydrogen-bond donors (Lipinski definition) is 2. The van der Waals surface area contributed by atoms with Crippen LogP contribution in [0.5, 0.6) is 0 Å². The van der Waals surface area contributed by atoms with Crippen LogP contribution in [-0.2, 0) is 10.0 Å². The second-order valence-corrected chi connectivity index (χ2v) is 6.60. The van der Waals surface area contributed by atoms with Gasteiger partial charge in [0, 0.05) is 17.7 Å². The summed E-state index contributed by atoms with van der Waals surface area (Å²) in [4.78, 5) is 16.3. The average Bonchev–Trinajstić information content (AvgIpc) is 2.83. The molecule has 0 fully saturated rings. The van der Waals surface area contributed by atoms with Crippen molar-refractivity contribution >= 4 is 21.8 Å². The number of carbonyl (C=O) groups is 1. The van der Waals surface area contributed by atoms with Crippen LogP contribution in [0.3, 0.4) is 0 Å². The minimum atomic E-state index is -3.52. The van der Waals surface area contributed by atoms with Crippen molar-refractivity contribution in [1.82, 2.24) is 10.0 Å². The summed E-state index contributed by atoms with van der Waals surface area (Å²) in [5.74, 6) is 0.132. The molecule has 1 aliphatic heterocycles. The highest BCUT2D eigenvalue weighted by molar-refractivity contribution is 7.90. The molecule has 0 atom stereocenters. The van der Waals surface area contributed by atoms with Crippen molar-refractivity contribution in [2.24, 2.45) is 4.99 Å². The fraction of sp³-hybridized carbons (Fsp3) is 0.125. The number of hydrogen-bond acceptors (Lipinski definition) is 4. The molecule has 0 radical (unpaired) electrons. The standard InChI is InChI=1S/C16H15N3O3S/c20-16(12-6-2-1-3-7-12)18-11-10-17-15-13-8-4-5-9-14(13)23(21,22)19-15/h1-9H,10-11H2,(H,17,19)(H,18,20). The van der Waals surface area contributed by atoms with Crippen molar-refractivity contribution in [2.75, 3.05) is 13.1 Å². The van der Waals surface area contributed by atoms with E-state index in [9.17, 15) is 13.2 Å². The summed E-state index contributed by atoms with van der Waals surface area (Å²) in [7, 11) is -3.52. The lowest BCUT2D eigenvalue weighted by Crippen LogP contribution is -2.27. The Morgan fingerprint density at radius 2 is 1.74 bits per heavy atom. The maximum absolute atomic E-state index is 11.9. The molecule has 1 amide bonds. The van der Waals surface area contributed by atoms with E-state index < -0.39 is 10.0 Å². The van der Waals surface area contributed by atoms with Crippen molar-refractivity contribution in [3.05, 3.63) is 65.7 Å². The van der Waals surface area contributed by atoms with Gasteiger partial charge in [-0.15, -0.1) is 0 Å². The Hall–Kier alpha value is -2.67. The molecule has 0 saturated heterocycles. The quantitative estimate of drug-likeness (QED) is 0.825. The van der Waals surface area contributed by atoms with E-state index in [1.807, 2.05) is 6.07 Å². The number of nitrogens with zero attached hydrogens (tertiary/aromatic N) is 1. The third-order valence-electron chi connectivity index (χ3n) is 3.37. The fourth-order valence-corrected chi connectivity index (χ4v) is 3.53. The van der Waals surface area contributed by atoms with Gasteiger partial charge in [0.1, 0.15) is 5.84 Å². The Balaban J connectivity index is 1.63. The Morgan fingerprint density at radius 3 is 2.52 bits per heavy atom. The normalized spacial score (nSPS) is 16.6. The largest absolute Gasteiger partial charge is 0.350 e. The van der Waals surface area contributed by atoms with Gasteiger partial charge < -0.3 is 5.32 Å². The second kappa shape index (κ2) is 6.21. The molecule has 1 heterocycles. The first-order valence-electron chi connectivity index (χ1n) is 7.08. The molecule has 7 heteroatoms. The molecule has 0 spiro atoms. The van der Waals surface area contributed by atoms with Crippen LogP contribution >= 0.6 is 0 Å². The van der Waals surface area contributed by atoms with E-state index in [1.165, 1.54) is 6.07 Å². The molecule has 0 bridgehead atoms. The zero-order valence-corrected chi connectivity index (χ0v) is 13.0. The molecule has 1 aliphatic rings. The first-order valence-corrected chi connectivity index (χ1v) is 8.56. The second-order valence-electron chi connectivity index (χ2n) is 4.95. The Morgan fingerprint density at radius 1 is 1.04 bits per heavy atom. The van der Waals surface area contributed by atoms with Crippen molar-refractivity contribution in [1.29, 1.82) is 0 Å². The van der Waals surface area contributed by atoms with Crippen LogP contribution in [0.4, 0.5) is 0 Å². The molecule has 23 heavy (non-hydrogen) atoms. The molecule has 2 aromatic carbocycles. The first kappa shape index (κ1) is 15.2. The molecule has 0 aliphatic carbocycles. The number of nitrogens with one attached hydrogen (secondary N) is 2. The monoisotopic (exact) mass is 329 g/mol. The Labute approximate surface area is 134 Å². The molecular formula is C16H15N3O3S. The van der Waals surface area contributed by atoms with E-state index in [4.69, 9.17) is 0 Å². The molecule has 0 saturated carbocycles. The molecule has 0 aromatic heterocycles. The van der Waals surface area contributed by atoms with E-state index in [0.29, 0.717) is 23.5 Å². The van der Waals surface area contributed by atoms with E-state index in [0.717, 1.165) is 0 Å². The maximum atomic E-state index is 11.9. The number of aliphatic imine (C=N–C) groups is 1. The lowest BCUT2D eigenvalue weighted by molar-refractivity contribution is 0.0955. The fourth-order valence-electron chi connectivity index (χ4n) is 2.28. The van der Waals surface area contributed by atoms with Gasteiger partial charge in [0.15, 0.2) is 0 Å². The van der Waals surface area contributed by atoms with Crippen LogP contribution in [0.25, 0.3) is 0 Å². The van der Waals surface area contributed by atoms with Crippen LogP contribution in [0.2, 0.25) is 0 Å². The van der Waals surface area contributed by atoms with E-state index in [-0.39, 0.29) is 17.3 Å². The van der Waals surface area contributed by atoms with Gasteiger partial charge in [0.25, 0.3) is 15.9 Å². The first-order chi connectivity index (χ1) is 11.1. The lowest BCUT2D eigenvalue weighted by atomic mass is 10.2. The van der Waals surface area contributed by atoms with Crippen molar-refractivity contribution < 1.29 is 13.2 Å². The minimum absolute atomic E-state index is 0.182. The maximum Gasteiger partial charge on any atom is 0.263 e. The van der Waals surface area contributed by atoms with Crippen molar-refractivity contribution in [3.8, 4) is 0 Å². The number of amides is 1. The van der Waals surface area contributed by atoms with Crippen LogP contribution in [0.15, 0.2) is 64.5 Å². The van der Waals surface area contributed by atoms with Gasteiger partial charge in [0.2, 0.25) is 0 Å². The zero-order valence-electron chi connectivity index (χ0n) is 12.2. The molecule has 118 valence electrons. The minimum Gasteiger partial charge on any atom is -0.350 e. The summed E-state index contributed by atoms with van der Waals surface area (Å²) in [5.41, 5.74) is 1.13. The molecule has 2 N–H and O–H groups in total. The molecule has 0 unspecified atom stereocenters. The van der Waals surface area contributed by atoms with Crippen LogP contribution in [0.1, 0.15) is 15.9 Å². The van der Waals surface area contributed by atoms with E-state index >= 15 is 0 Å². The van der Waals surface area contributed by atoms with Gasteiger partial charge in [-0.05, 0) is 24.3 Å². The van der Waals surface area contributed by atoms with Crippen LogP contribution in [-0.4, -0.2) is 33.3 Å². The number of fused-ring (bicyclic) bond motifs is 1. The van der Waals surface area contributed by atoms with Gasteiger partial charge in [-0.3, -0.25) is 14.5 Å². The number of benzene rings is 2. The van der Waals surface area contributed by atoms with Gasteiger partial charge >= 0.3 is 0 Å². The average molecular weight is 329 g/mol. The van der Waals surface area contributed by atoms with E-state index in [1.54, 1.807) is 42.5 Å². The summed E-state index contributed by atoms with van der Waals surface area (Å²) >= 11 is 0.